The summed E-state index contributed by atoms with van der Waals surface area (Å²) in [6.45, 7) is 6.77. The van der Waals surface area contributed by atoms with Crippen LogP contribution in [0.1, 0.15) is 26.3 Å². The molecule has 2 heterocycles. The highest BCUT2D eigenvalue weighted by Gasteiger charge is 2.11. The molecular weight excluding hydrogens is 190 g/mol. The summed E-state index contributed by atoms with van der Waals surface area (Å²) in [5.74, 6) is 0. The van der Waals surface area contributed by atoms with Crippen molar-refractivity contribution in [3.05, 3.63) is 29.3 Å². The van der Waals surface area contributed by atoms with Crippen molar-refractivity contribution in [1.82, 2.24) is 4.98 Å². The summed E-state index contributed by atoms with van der Waals surface area (Å²) in [5.41, 5.74) is 2.80. The van der Waals surface area contributed by atoms with Crippen LogP contribution in [0.2, 0.25) is 0 Å². The zero-order chi connectivity index (χ0) is 10.2. The van der Waals surface area contributed by atoms with E-state index in [9.17, 15) is 0 Å². The van der Waals surface area contributed by atoms with Crippen LogP contribution in [0.25, 0.3) is 10.2 Å². The van der Waals surface area contributed by atoms with Crippen LogP contribution in [0.4, 0.5) is 0 Å². The van der Waals surface area contributed by atoms with Gasteiger partial charge in [0.25, 0.3) is 0 Å². The van der Waals surface area contributed by atoms with E-state index in [-0.39, 0.29) is 0 Å². The Morgan fingerprint density at radius 3 is 2.86 bits per heavy atom. The van der Waals surface area contributed by atoms with Crippen LogP contribution < -0.4 is 0 Å². The van der Waals surface area contributed by atoms with E-state index in [4.69, 9.17) is 0 Å². The molecule has 2 heteroatoms. The van der Waals surface area contributed by atoms with Gasteiger partial charge in [-0.15, -0.1) is 11.3 Å². The fourth-order valence-corrected chi connectivity index (χ4v) is 2.40. The van der Waals surface area contributed by atoms with Crippen LogP contribution in [0.3, 0.4) is 0 Å². The Kier molecular flexibility index (Phi) is 2.31. The highest BCUT2D eigenvalue weighted by Crippen LogP contribution is 2.24. The summed E-state index contributed by atoms with van der Waals surface area (Å²) in [6, 6.07) is 4.33. The molecule has 1 nitrogen and oxygen atoms in total. The smallest absolute Gasteiger partial charge is 0.0809 e. The average Bonchev–Trinajstić information content (AvgIpc) is 2.47. The fraction of sp³-hybridized carbons (Fsp3) is 0.417. The molecule has 2 rings (SSSR count). The van der Waals surface area contributed by atoms with E-state index < -0.39 is 0 Å². The predicted octanol–water partition coefficient (Wildman–Crippen LogP) is 3.88. The number of rotatable bonds is 1. The molecule has 0 aromatic carbocycles. The monoisotopic (exact) mass is 205 g/mol. The lowest BCUT2D eigenvalue weighted by Gasteiger charge is -2.17. The maximum absolute atomic E-state index is 4.44. The quantitative estimate of drug-likeness (QED) is 0.688. The molecule has 0 unspecified atom stereocenters. The van der Waals surface area contributed by atoms with Crippen molar-refractivity contribution in [2.45, 2.75) is 27.2 Å². The van der Waals surface area contributed by atoms with Gasteiger partial charge in [0.05, 0.1) is 10.2 Å². The Balaban J connectivity index is 2.35. The zero-order valence-corrected chi connectivity index (χ0v) is 9.69. The standard InChI is InChI=1S/C12H15NS/c1-12(2,3)7-9-6-11-10(13-8-9)4-5-14-11/h4-6,8H,7H2,1-3H3. The van der Waals surface area contributed by atoms with Gasteiger partial charge < -0.3 is 0 Å². The summed E-state index contributed by atoms with van der Waals surface area (Å²) in [5, 5.41) is 2.10. The minimum absolute atomic E-state index is 0.340. The third-order valence-corrected chi connectivity index (χ3v) is 2.95. The lowest BCUT2D eigenvalue weighted by molar-refractivity contribution is 0.411. The van der Waals surface area contributed by atoms with E-state index in [1.807, 2.05) is 6.20 Å². The Bertz CT molecular complexity index is 437. The number of nitrogens with zero attached hydrogens (tertiary/aromatic N) is 1. The lowest BCUT2D eigenvalue weighted by Crippen LogP contribution is -2.09. The summed E-state index contributed by atoms with van der Waals surface area (Å²) in [7, 11) is 0. The van der Waals surface area contributed by atoms with Crippen molar-refractivity contribution in [1.29, 1.82) is 0 Å². The van der Waals surface area contributed by atoms with Crippen molar-refractivity contribution in [3.63, 3.8) is 0 Å². The Labute approximate surface area is 88.8 Å². The number of hydrogen-bond donors (Lipinski definition) is 0. The number of hydrogen-bond acceptors (Lipinski definition) is 2. The third-order valence-electron chi connectivity index (χ3n) is 2.09. The van der Waals surface area contributed by atoms with Gasteiger partial charge in [0, 0.05) is 6.20 Å². The van der Waals surface area contributed by atoms with Crippen LogP contribution in [0.15, 0.2) is 23.7 Å². The molecular formula is C12H15NS. The SMILES string of the molecule is CC(C)(C)Cc1cnc2ccsc2c1. The maximum atomic E-state index is 4.44. The molecule has 0 saturated heterocycles. The average molecular weight is 205 g/mol. The molecule has 0 amide bonds. The summed E-state index contributed by atoms with van der Waals surface area (Å²) < 4.78 is 1.30. The summed E-state index contributed by atoms with van der Waals surface area (Å²) >= 11 is 1.76. The van der Waals surface area contributed by atoms with Gasteiger partial charge in [0.2, 0.25) is 0 Å². The van der Waals surface area contributed by atoms with Crippen molar-refractivity contribution >= 4 is 21.6 Å². The van der Waals surface area contributed by atoms with Gasteiger partial charge in [-0.05, 0) is 34.9 Å². The van der Waals surface area contributed by atoms with E-state index in [1.54, 1.807) is 11.3 Å². The molecule has 0 aliphatic rings. The number of pyridine rings is 1. The second kappa shape index (κ2) is 3.35. The van der Waals surface area contributed by atoms with Gasteiger partial charge in [-0.1, -0.05) is 20.8 Å². The molecule has 0 saturated carbocycles. The van der Waals surface area contributed by atoms with Gasteiger partial charge in [-0.25, -0.2) is 0 Å². The summed E-state index contributed by atoms with van der Waals surface area (Å²) in [6.07, 6.45) is 3.09. The fourth-order valence-electron chi connectivity index (χ4n) is 1.60. The molecule has 14 heavy (non-hydrogen) atoms. The highest BCUT2D eigenvalue weighted by molar-refractivity contribution is 7.17. The first kappa shape index (κ1) is 9.66. The van der Waals surface area contributed by atoms with Gasteiger partial charge in [-0.2, -0.15) is 0 Å². The van der Waals surface area contributed by atoms with Gasteiger partial charge in [0.15, 0.2) is 0 Å². The molecule has 0 radical (unpaired) electrons. The van der Waals surface area contributed by atoms with Gasteiger partial charge >= 0.3 is 0 Å². The molecule has 2 aromatic heterocycles. The van der Waals surface area contributed by atoms with Crippen LogP contribution in [-0.2, 0) is 6.42 Å². The minimum Gasteiger partial charge on any atom is -0.255 e. The van der Waals surface area contributed by atoms with Crippen LogP contribution in [0.5, 0.6) is 0 Å². The van der Waals surface area contributed by atoms with E-state index in [2.05, 4.69) is 43.3 Å². The van der Waals surface area contributed by atoms with Gasteiger partial charge in [-0.3, -0.25) is 4.98 Å². The Hall–Kier alpha value is -0.890. The molecule has 0 spiro atoms. The van der Waals surface area contributed by atoms with Crippen LogP contribution in [0, 0.1) is 5.41 Å². The molecule has 0 aliphatic carbocycles. The molecule has 2 aromatic rings. The van der Waals surface area contributed by atoms with E-state index >= 15 is 0 Å². The molecule has 0 aliphatic heterocycles. The van der Waals surface area contributed by atoms with Gasteiger partial charge in [0.1, 0.15) is 0 Å². The largest absolute Gasteiger partial charge is 0.255 e. The molecule has 0 N–H and O–H groups in total. The first-order valence-electron chi connectivity index (χ1n) is 4.87. The number of thiophene rings is 1. The normalized spacial score (nSPS) is 12.2. The first-order valence-corrected chi connectivity index (χ1v) is 5.75. The predicted molar refractivity (Wildman–Crippen MR) is 62.8 cm³/mol. The highest BCUT2D eigenvalue weighted by atomic mass is 32.1. The van der Waals surface area contributed by atoms with Crippen molar-refractivity contribution in [2.24, 2.45) is 5.41 Å². The number of fused-ring (bicyclic) bond motifs is 1. The van der Waals surface area contributed by atoms with Crippen LogP contribution in [-0.4, -0.2) is 4.98 Å². The van der Waals surface area contributed by atoms with E-state index in [0.717, 1.165) is 11.9 Å². The van der Waals surface area contributed by atoms with E-state index in [1.165, 1.54) is 10.3 Å². The minimum atomic E-state index is 0.340. The van der Waals surface area contributed by atoms with Crippen molar-refractivity contribution < 1.29 is 0 Å². The Morgan fingerprint density at radius 1 is 1.36 bits per heavy atom. The number of aromatic nitrogens is 1. The van der Waals surface area contributed by atoms with E-state index in [0.29, 0.717) is 5.41 Å². The second-order valence-electron chi connectivity index (χ2n) is 4.88. The maximum Gasteiger partial charge on any atom is 0.0809 e. The van der Waals surface area contributed by atoms with Crippen molar-refractivity contribution in [3.8, 4) is 0 Å². The zero-order valence-electron chi connectivity index (χ0n) is 8.87. The summed E-state index contributed by atoms with van der Waals surface area (Å²) in [4.78, 5) is 4.44. The Morgan fingerprint density at radius 2 is 2.14 bits per heavy atom. The van der Waals surface area contributed by atoms with Crippen molar-refractivity contribution in [2.75, 3.05) is 0 Å². The molecule has 0 bridgehead atoms. The lowest BCUT2D eigenvalue weighted by atomic mass is 9.89. The molecule has 74 valence electrons. The molecule has 0 fully saturated rings. The topological polar surface area (TPSA) is 12.9 Å². The van der Waals surface area contributed by atoms with Crippen LogP contribution >= 0.6 is 11.3 Å². The first-order chi connectivity index (χ1) is 6.54. The third kappa shape index (κ3) is 2.13. The molecule has 0 atom stereocenters. The second-order valence-corrected chi connectivity index (χ2v) is 5.83.